The summed E-state index contributed by atoms with van der Waals surface area (Å²) in [5.74, 6) is 0. The molecule has 2 rings (SSSR count). The first-order valence-electron chi connectivity index (χ1n) is 5.83. The molecule has 0 aliphatic carbocycles. The lowest BCUT2D eigenvalue weighted by molar-refractivity contribution is 0.510. The second kappa shape index (κ2) is 5.41. The fourth-order valence-corrected chi connectivity index (χ4v) is 2.85. The maximum atomic E-state index is 4.52. The minimum Gasteiger partial charge on any atom is -0.317 e. The van der Waals surface area contributed by atoms with Crippen molar-refractivity contribution in [2.24, 2.45) is 0 Å². The van der Waals surface area contributed by atoms with E-state index in [1.807, 2.05) is 13.2 Å². The Kier molecular flexibility index (Phi) is 3.91. The van der Waals surface area contributed by atoms with Crippen molar-refractivity contribution < 1.29 is 0 Å². The number of hydrogen-bond donors (Lipinski definition) is 1. The van der Waals surface area contributed by atoms with Crippen LogP contribution in [0.3, 0.4) is 0 Å². The lowest BCUT2D eigenvalue weighted by Gasteiger charge is -2.14. The molecule has 16 heavy (non-hydrogen) atoms. The van der Waals surface area contributed by atoms with Gasteiger partial charge in [-0.05, 0) is 31.0 Å². The van der Waals surface area contributed by atoms with Gasteiger partial charge in [0.15, 0.2) is 0 Å². The van der Waals surface area contributed by atoms with Crippen LogP contribution in [0.2, 0.25) is 0 Å². The summed E-state index contributed by atoms with van der Waals surface area (Å²) in [7, 11) is 2.04. The van der Waals surface area contributed by atoms with E-state index in [0.29, 0.717) is 6.04 Å². The zero-order valence-electron chi connectivity index (χ0n) is 9.86. The van der Waals surface area contributed by atoms with Gasteiger partial charge < -0.3 is 5.32 Å². The van der Waals surface area contributed by atoms with E-state index in [1.54, 1.807) is 11.3 Å². The monoisotopic (exact) mass is 234 g/mol. The number of rotatable bonds is 5. The molecule has 0 aliphatic heterocycles. The summed E-state index contributed by atoms with van der Waals surface area (Å²) in [5.41, 5.74) is 1.23. The maximum absolute atomic E-state index is 4.52. The Bertz CT molecular complexity index is 450. The van der Waals surface area contributed by atoms with Crippen molar-refractivity contribution in [3.05, 3.63) is 29.4 Å². The van der Waals surface area contributed by atoms with Gasteiger partial charge in [0.05, 0.1) is 5.69 Å². The molecule has 0 aliphatic rings. The second-order valence-corrected chi connectivity index (χ2v) is 5.02. The van der Waals surface area contributed by atoms with Gasteiger partial charge in [-0.3, -0.25) is 4.98 Å². The third kappa shape index (κ3) is 2.42. The third-order valence-corrected chi connectivity index (χ3v) is 3.83. The number of nitrogens with one attached hydrogen (secondary N) is 1. The Labute approximate surface area is 101 Å². The molecule has 0 saturated heterocycles. The van der Waals surface area contributed by atoms with Crippen LogP contribution in [0.25, 0.3) is 10.1 Å². The molecule has 1 unspecified atom stereocenters. The molecule has 2 aromatic heterocycles. The van der Waals surface area contributed by atoms with Crippen LogP contribution in [0.1, 0.15) is 25.5 Å². The highest BCUT2D eigenvalue weighted by Crippen LogP contribution is 2.23. The standard InChI is InChI=1S/C13H18N2S/c1-3-4-10(14-2)9-12-11-6-8-16-13(11)5-7-15-12/h5-8,10,14H,3-4,9H2,1-2H3. The van der Waals surface area contributed by atoms with Gasteiger partial charge in [0.25, 0.3) is 0 Å². The van der Waals surface area contributed by atoms with E-state index in [4.69, 9.17) is 0 Å². The van der Waals surface area contributed by atoms with Gasteiger partial charge in [-0.2, -0.15) is 0 Å². The molecule has 0 aromatic carbocycles. The van der Waals surface area contributed by atoms with Crippen molar-refractivity contribution >= 4 is 21.4 Å². The number of pyridine rings is 1. The third-order valence-electron chi connectivity index (χ3n) is 2.95. The lowest BCUT2D eigenvalue weighted by atomic mass is 10.0. The summed E-state index contributed by atoms with van der Waals surface area (Å²) >= 11 is 1.79. The molecular formula is C13H18N2S. The molecule has 0 saturated carbocycles. The number of hydrogen-bond acceptors (Lipinski definition) is 3. The number of aromatic nitrogens is 1. The predicted octanol–water partition coefficient (Wildman–Crippen LogP) is 3.23. The highest BCUT2D eigenvalue weighted by molar-refractivity contribution is 7.17. The summed E-state index contributed by atoms with van der Waals surface area (Å²) in [5, 5.41) is 6.84. The largest absolute Gasteiger partial charge is 0.317 e. The summed E-state index contributed by atoms with van der Waals surface area (Å²) in [4.78, 5) is 4.52. The Morgan fingerprint density at radius 2 is 2.31 bits per heavy atom. The van der Waals surface area contributed by atoms with Crippen molar-refractivity contribution in [1.29, 1.82) is 0 Å². The number of nitrogens with zero attached hydrogens (tertiary/aromatic N) is 1. The predicted molar refractivity (Wildman–Crippen MR) is 71.1 cm³/mol. The molecule has 0 bridgehead atoms. The summed E-state index contributed by atoms with van der Waals surface area (Å²) < 4.78 is 1.34. The number of fused-ring (bicyclic) bond motifs is 1. The first-order valence-corrected chi connectivity index (χ1v) is 6.71. The molecule has 0 radical (unpaired) electrons. The van der Waals surface area contributed by atoms with Crippen LogP contribution in [0.4, 0.5) is 0 Å². The Balaban J connectivity index is 2.22. The summed E-state index contributed by atoms with van der Waals surface area (Å²) in [6.45, 7) is 2.23. The summed E-state index contributed by atoms with van der Waals surface area (Å²) in [6.07, 6.45) is 5.37. The minimum absolute atomic E-state index is 0.544. The molecule has 1 atom stereocenters. The topological polar surface area (TPSA) is 24.9 Å². The molecule has 2 aromatic rings. The summed E-state index contributed by atoms with van der Waals surface area (Å²) in [6, 6.07) is 4.82. The van der Waals surface area contributed by atoms with Crippen molar-refractivity contribution in [3.63, 3.8) is 0 Å². The van der Waals surface area contributed by atoms with E-state index in [-0.39, 0.29) is 0 Å². The van der Waals surface area contributed by atoms with E-state index >= 15 is 0 Å². The molecule has 0 spiro atoms. The van der Waals surface area contributed by atoms with Crippen molar-refractivity contribution in [2.45, 2.75) is 32.2 Å². The zero-order valence-corrected chi connectivity index (χ0v) is 10.7. The first-order chi connectivity index (χ1) is 7.85. The van der Waals surface area contributed by atoms with Gasteiger partial charge in [0.2, 0.25) is 0 Å². The maximum Gasteiger partial charge on any atom is 0.0505 e. The molecule has 2 nitrogen and oxygen atoms in total. The fourth-order valence-electron chi connectivity index (χ4n) is 2.05. The minimum atomic E-state index is 0.544. The average Bonchev–Trinajstić information content (AvgIpc) is 2.77. The normalized spacial score (nSPS) is 13.1. The van der Waals surface area contributed by atoms with Crippen molar-refractivity contribution in [3.8, 4) is 0 Å². The van der Waals surface area contributed by atoms with E-state index in [0.717, 1.165) is 6.42 Å². The smallest absolute Gasteiger partial charge is 0.0505 e. The van der Waals surface area contributed by atoms with Crippen LogP contribution in [0.5, 0.6) is 0 Å². The van der Waals surface area contributed by atoms with Crippen LogP contribution in [-0.2, 0) is 6.42 Å². The van der Waals surface area contributed by atoms with Gasteiger partial charge in [-0.1, -0.05) is 13.3 Å². The Hall–Kier alpha value is -0.930. The molecule has 1 N–H and O–H groups in total. The zero-order chi connectivity index (χ0) is 11.4. The molecule has 0 fully saturated rings. The van der Waals surface area contributed by atoms with Crippen LogP contribution in [0, 0.1) is 0 Å². The van der Waals surface area contributed by atoms with Gasteiger partial charge in [-0.15, -0.1) is 11.3 Å². The number of thiophene rings is 1. The fraction of sp³-hybridized carbons (Fsp3) is 0.462. The SMILES string of the molecule is CCCC(Cc1nccc2sccc12)NC. The quantitative estimate of drug-likeness (QED) is 0.859. The van der Waals surface area contributed by atoms with Gasteiger partial charge >= 0.3 is 0 Å². The van der Waals surface area contributed by atoms with Crippen molar-refractivity contribution in [1.82, 2.24) is 10.3 Å². The number of likely N-dealkylation sites (N-methyl/N-ethyl adjacent to an activating group) is 1. The van der Waals surface area contributed by atoms with Crippen LogP contribution >= 0.6 is 11.3 Å². The average molecular weight is 234 g/mol. The highest BCUT2D eigenvalue weighted by Gasteiger charge is 2.10. The van der Waals surface area contributed by atoms with E-state index < -0.39 is 0 Å². The first kappa shape index (κ1) is 11.6. The molecule has 3 heteroatoms. The molecular weight excluding hydrogens is 216 g/mol. The van der Waals surface area contributed by atoms with Gasteiger partial charge in [0, 0.05) is 28.7 Å². The van der Waals surface area contributed by atoms with Crippen LogP contribution in [-0.4, -0.2) is 18.1 Å². The van der Waals surface area contributed by atoms with Crippen LogP contribution in [0.15, 0.2) is 23.7 Å². The van der Waals surface area contributed by atoms with Gasteiger partial charge in [0.1, 0.15) is 0 Å². The Morgan fingerprint density at radius 3 is 3.06 bits per heavy atom. The van der Waals surface area contributed by atoms with Crippen LogP contribution < -0.4 is 5.32 Å². The van der Waals surface area contributed by atoms with Crippen molar-refractivity contribution in [2.75, 3.05) is 7.05 Å². The van der Waals surface area contributed by atoms with Gasteiger partial charge in [-0.25, -0.2) is 0 Å². The van der Waals surface area contributed by atoms with E-state index in [2.05, 4.69) is 34.7 Å². The molecule has 2 heterocycles. The highest BCUT2D eigenvalue weighted by atomic mass is 32.1. The Morgan fingerprint density at radius 1 is 1.44 bits per heavy atom. The lowest BCUT2D eigenvalue weighted by Crippen LogP contribution is -2.27. The van der Waals surface area contributed by atoms with E-state index in [1.165, 1.54) is 28.6 Å². The molecule has 0 amide bonds. The second-order valence-electron chi connectivity index (χ2n) is 4.07. The molecule has 86 valence electrons. The van der Waals surface area contributed by atoms with E-state index in [9.17, 15) is 0 Å².